The second kappa shape index (κ2) is 7.33. The molecule has 0 spiro atoms. The third-order valence-electron chi connectivity index (χ3n) is 2.99. The van der Waals surface area contributed by atoms with Gasteiger partial charge in [0.25, 0.3) is 0 Å². The molecule has 110 valence electrons. The summed E-state index contributed by atoms with van der Waals surface area (Å²) in [6, 6.07) is 14.6. The lowest BCUT2D eigenvalue weighted by Crippen LogP contribution is -2.13. The predicted molar refractivity (Wildman–Crippen MR) is 82.6 cm³/mol. The van der Waals surface area contributed by atoms with Crippen molar-refractivity contribution in [3.63, 3.8) is 0 Å². The quantitative estimate of drug-likeness (QED) is 0.631. The number of aryl methyl sites for hydroxylation is 1. The fourth-order valence-corrected chi connectivity index (χ4v) is 1.90. The summed E-state index contributed by atoms with van der Waals surface area (Å²) in [7, 11) is 0. The van der Waals surface area contributed by atoms with Crippen molar-refractivity contribution in [1.29, 1.82) is 0 Å². The molecule has 2 aromatic rings. The van der Waals surface area contributed by atoms with Crippen LogP contribution in [0.1, 0.15) is 18.4 Å². The van der Waals surface area contributed by atoms with Gasteiger partial charge in [-0.25, -0.2) is 0 Å². The summed E-state index contributed by atoms with van der Waals surface area (Å²) in [5.41, 5.74) is 1.43. The van der Waals surface area contributed by atoms with E-state index in [0.717, 1.165) is 11.3 Å². The fraction of sp³-hybridized carbons (Fsp3) is 0.235. The maximum absolute atomic E-state index is 11.8. The molecule has 0 aliphatic heterocycles. The van der Waals surface area contributed by atoms with Gasteiger partial charge in [-0.05, 0) is 43.2 Å². The van der Waals surface area contributed by atoms with Gasteiger partial charge in [0.15, 0.2) is 0 Å². The molecule has 0 bridgehead atoms. The molecule has 0 radical (unpaired) electrons. The van der Waals surface area contributed by atoms with E-state index in [9.17, 15) is 9.90 Å². The van der Waals surface area contributed by atoms with E-state index in [0.29, 0.717) is 25.1 Å². The number of hydrogen-bond acceptors (Lipinski definition) is 3. The number of ether oxygens (including phenoxy) is 1. The molecule has 0 fully saturated rings. The Kier molecular flexibility index (Phi) is 5.21. The Labute approximate surface area is 124 Å². The molecule has 2 N–H and O–H groups in total. The number of benzene rings is 2. The van der Waals surface area contributed by atoms with Crippen molar-refractivity contribution in [3.05, 3.63) is 54.1 Å². The zero-order chi connectivity index (χ0) is 15.1. The summed E-state index contributed by atoms with van der Waals surface area (Å²) in [5, 5.41) is 12.4. The maximum Gasteiger partial charge on any atom is 0.224 e. The van der Waals surface area contributed by atoms with Crippen molar-refractivity contribution in [2.75, 3.05) is 11.9 Å². The van der Waals surface area contributed by atoms with Gasteiger partial charge in [-0.15, -0.1) is 0 Å². The molecule has 0 saturated heterocycles. The third kappa shape index (κ3) is 4.84. The van der Waals surface area contributed by atoms with Crippen molar-refractivity contribution in [1.82, 2.24) is 0 Å². The number of para-hydroxylation sites is 1. The number of carbonyl (C=O) groups excluding carboxylic acids is 1. The summed E-state index contributed by atoms with van der Waals surface area (Å²) < 4.78 is 5.52. The van der Waals surface area contributed by atoms with Gasteiger partial charge < -0.3 is 15.2 Å². The number of phenolic OH excluding ortho intramolecular Hbond substituents is 1. The van der Waals surface area contributed by atoms with Crippen LogP contribution < -0.4 is 10.1 Å². The molecule has 21 heavy (non-hydrogen) atoms. The first kappa shape index (κ1) is 14.9. The highest BCUT2D eigenvalue weighted by atomic mass is 16.5. The molecule has 1 amide bonds. The lowest BCUT2D eigenvalue weighted by atomic mass is 10.2. The van der Waals surface area contributed by atoms with E-state index in [-0.39, 0.29) is 11.7 Å². The first-order chi connectivity index (χ1) is 10.1. The Morgan fingerprint density at radius 3 is 2.71 bits per heavy atom. The van der Waals surface area contributed by atoms with Gasteiger partial charge in [-0.1, -0.05) is 24.3 Å². The van der Waals surface area contributed by atoms with Crippen molar-refractivity contribution >= 4 is 11.6 Å². The number of carbonyl (C=O) groups is 1. The Bertz CT molecular complexity index is 596. The second-order valence-electron chi connectivity index (χ2n) is 4.83. The highest BCUT2D eigenvalue weighted by molar-refractivity contribution is 5.92. The first-order valence-corrected chi connectivity index (χ1v) is 6.92. The van der Waals surface area contributed by atoms with Gasteiger partial charge in [0, 0.05) is 6.42 Å². The van der Waals surface area contributed by atoms with Gasteiger partial charge in [0.1, 0.15) is 11.5 Å². The van der Waals surface area contributed by atoms with E-state index in [4.69, 9.17) is 4.74 Å². The lowest BCUT2D eigenvalue weighted by molar-refractivity contribution is -0.116. The Hall–Kier alpha value is -2.49. The Morgan fingerprint density at radius 1 is 1.19 bits per heavy atom. The van der Waals surface area contributed by atoms with Crippen molar-refractivity contribution in [3.8, 4) is 11.5 Å². The largest absolute Gasteiger partial charge is 0.506 e. The van der Waals surface area contributed by atoms with Crippen LogP contribution in [0.25, 0.3) is 0 Å². The molecule has 4 heteroatoms. The summed E-state index contributed by atoms with van der Waals surface area (Å²) in [6.45, 7) is 2.39. The average Bonchev–Trinajstić information content (AvgIpc) is 2.48. The van der Waals surface area contributed by atoms with Crippen LogP contribution in [0, 0.1) is 6.92 Å². The number of phenols is 1. The van der Waals surface area contributed by atoms with Gasteiger partial charge in [-0.3, -0.25) is 4.79 Å². The van der Waals surface area contributed by atoms with Crippen molar-refractivity contribution < 1.29 is 14.6 Å². The average molecular weight is 285 g/mol. The molecule has 0 unspecified atom stereocenters. The van der Waals surface area contributed by atoms with Crippen LogP contribution in [0.2, 0.25) is 0 Å². The molecule has 0 aliphatic carbocycles. The molecule has 0 heterocycles. The molecule has 2 aromatic carbocycles. The van der Waals surface area contributed by atoms with Crippen LogP contribution in [0.3, 0.4) is 0 Å². The smallest absolute Gasteiger partial charge is 0.224 e. The molecule has 0 atom stereocenters. The SMILES string of the molecule is Cc1ccc(O)c(NC(=O)CCCOc2ccccc2)c1. The van der Waals surface area contributed by atoms with Gasteiger partial charge in [0.2, 0.25) is 5.91 Å². The highest BCUT2D eigenvalue weighted by Gasteiger charge is 2.06. The fourth-order valence-electron chi connectivity index (χ4n) is 1.90. The summed E-state index contributed by atoms with van der Waals surface area (Å²) in [6.07, 6.45) is 0.966. The van der Waals surface area contributed by atoms with Gasteiger partial charge in [0.05, 0.1) is 12.3 Å². The molecule has 0 saturated carbocycles. The number of aromatic hydroxyl groups is 1. The van der Waals surface area contributed by atoms with Crippen LogP contribution in [0.15, 0.2) is 48.5 Å². The minimum atomic E-state index is -0.132. The zero-order valence-corrected chi connectivity index (χ0v) is 12.0. The summed E-state index contributed by atoms with van der Waals surface area (Å²) in [4.78, 5) is 11.8. The molecule has 0 aromatic heterocycles. The summed E-state index contributed by atoms with van der Waals surface area (Å²) >= 11 is 0. The number of anilines is 1. The van der Waals surface area contributed by atoms with E-state index in [2.05, 4.69) is 5.32 Å². The first-order valence-electron chi connectivity index (χ1n) is 6.92. The standard InChI is InChI=1S/C17H19NO3/c1-13-9-10-16(19)15(12-13)18-17(20)8-5-11-21-14-6-3-2-4-7-14/h2-4,6-7,9-10,12,19H,5,8,11H2,1H3,(H,18,20). The van der Waals surface area contributed by atoms with E-state index >= 15 is 0 Å². The Balaban J connectivity index is 1.74. The zero-order valence-electron chi connectivity index (χ0n) is 12.0. The summed E-state index contributed by atoms with van der Waals surface area (Å²) in [5.74, 6) is 0.747. The lowest BCUT2D eigenvalue weighted by Gasteiger charge is -2.09. The molecule has 2 rings (SSSR count). The molecule has 0 aliphatic rings. The van der Waals surface area contributed by atoms with Crippen LogP contribution in [-0.2, 0) is 4.79 Å². The third-order valence-corrected chi connectivity index (χ3v) is 2.99. The monoisotopic (exact) mass is 285 g/mol. The number of hydrogen-bond donors (Lipinski definition) is 2. The van der Waals surface area contributed by atoms with Crippen molar-refractivity contribution in [2.45, 2.75) is 19.8 Å². The Morgan fingerprint density at radius 2 is 1.95 bits per heavy atom. The number of nitrogens with one attached hydrogen (secondary N) is 1. The highest BCUT2D eigenvalue weighted by Crippen LogP contribution is 2.24. The van der Waals surface area contributed by atoms with E-state index in [1.807, 2.05) is 37.3 Å². The number of rotatable bonds is 6. The minimum absolute atomic E-state index is 0.0782. The number of amides is 1. The topological polar surface area (TPSA) is 58.6 Å². The molecule has 4 nitrogen and oxygen atoms in total. The van der Waals surface area contributed by atoms with Gasteiger partial charge >= 0.3 is 0 Å². The van der Waals surface area contributed by atoms with E-state index < -0.39 is 0 Å². The second-order valence-corrected chi connectivity index (χ2v) is 4.83. The van der Waals surface area contributed by atoms with E-state index in [1.165, 1.54) is 0 Å². The molecular formula is C17H19NO3. The van der Waals surface area contributed by atoms with E-state index in [1.54, 1.807) is 18.2 Å². The minimum Gasteiger partial charge on any atom is -0.506 e. The maximum atomic E-state index is 11.8. The molecular weight excluding hydrogens is 266 g/mol. The van der Waals surface area contributed by atoms with Crippen LogP contribution >= 0.6 is 0 Å². The van der Waals surface area contributed by atoms with Crippen molar-refractivity contribution in [2.24, 2.45) is 0 Å². The van der Waals surface area contributed by atoms with Crippen LogP contribution in [0.4, 0.5) is 5.69 Å². The van der Waals surface area contributed by atoms with Crippen LogP contribution in [-0.4, -0.2) is 17.6 Å². The van der Waals surface area contributed by atoms with Gasteiger partial charge in [-0.2, -0.15) is 0 Å². The predicted octanol–water partition coefficient (Wildman–Crippen LogP) is 3.50. The van der Waals surface area contributed by atoms with Crippen LogP contribution in [0.5, 0.6) is 11.5 Å². The normalized spacial score (nSPS) is 10.1.